The summed E-state index contributed by atoms with van der Waals surface area (Å²) in [7, 11) is 3.66. The van der Waals surface area contributed by atoms with Crippen LogP contribution in [0.2, 0.25) is 5.02 Å². The highest BCUT2D eigenvalue weighted by atomic mass is 35.5. The lowest BCUT2D eigenvalue weighted by molar-refractivity contribution is -0.107. The van der Waals surface area contributed by atoms with E-state index in [0.717, 1.165) is 16.3 Å². The van der Waals surface area contributed by atoms with Crippen LogP contribution < -0.4 is 4.90 Å². The molecule has 0 aliphatic rings. The van der Waals surface area contributed by atoms with Gasteiger partial charge in [-0.3, -0.25) is 9.69 Å². The molecule has 0 aliphatic carbocycles. The molecule has 0 radical (unpaired) electrons. The molecular weight excluding hydrogens is 491 g/mol. The molecule has 0 bridgehead atoms. The Morgan fingerprint density at radius 3 is 2.08 bits per heavy atom. The zero-order valence-corrected chi connectivity index (χ0v) is 21.8. The molecule has 4 rings (SSSR count). The fourth-order valence-corrected chi connectivity index (χ4v) is 4.37. The van der Waals surface area contributed by atoms with E-state index in [1.165, 1.54) is 17.0 Å². The number of halogens is 2. The standard InChI is InChI=1S/C30H28ClFN2O3/c1-30(2,37)23-9-7-19-5-6-20(13-22(19)14-23)25-16-24(32)17-26(29(25)36)21-8-10-28(27(31)15-21)34(18-35)12-11-33(3)4/h5-18,36-37H,1-4H3/b12-11-. The quantitative estimate of drug-likeness (QED) is 0.261. The first-order chi connectivity index (χ1) is 17.5. The summed E-state index contributed by atoms with van der Waals surface area (Å²) in [5.41, 5.74) is 1.92. The summed E-state index contributed by atoms with van der Waals surface area (Å²) in [5, 5.41) is 23.7. The van der Waals surface area contributed by atoms with Gasteiger partial charge < -0.3 is 15.1 Å². The molecule has 2 N–H and O–H groups in total. The third-order valence-electron chi connectivity index (χ3n) is 6.11. The van der Waals surface area contributed by atoms with Crippen molar-refractivity contribution in [3.8, 4) is 28.0 Å². The Balaban J connectivity index is 1.78. The number of phenols is 1. The van der Waals surface area contributed by atoms with E-state index < -0.39 is 11.4 Å². The molecule has 7 heteroatoms. The third-order valence-corrected chi connectivity index (χ3v) is 6.41. The van der Waals surface area contributed by atoms with Crippen LogP contribution in [0.5, 0.6) is 5.75 Å². The molecule has 0 aromatic heterocycles. The van der Waals surface area contributed by atoms with Gasteiger partial charge in [0.15, 0.2) is 0 Å². The second-order valence-corrected chi connectivity index (χ2v) is 10.0. The second kappa shape index (κ2) is 10.2. The topological polar surface area (TPSA) is 64.0 Å². The summed E-state index contributed by atoms with van der Waals surface area (Å²) in [4.78, 5) is 14.7. The van der Waals surface area contributed by atoms with Crippen molar-refractivity contribution in [2.75, 3.05) is 19.0 Å². The van der Waals surface area contributed by atoms with Gasteiger partial charge in [-0.05, 0) is 77.7 Å². The molecule has 0 unspecified atom stereocenters. The number of nitrogens with zero attached hydrogens (tertiary/aromatic N) is 2. The van der Waals surface area contributed by atoms with E-state index in [9.17, 15) is 19.4 Å². The van der Waals surface area contributed by atoms with Crippen LogP contribution >= 0.6 is 11.6 Å². The van der Waals surface area contributed by atoms with E-state index in [-0.39, 0.29) is 16.3 Å². The van der Waals surface area contributed by atoms with Crippen LogP contribution in [0.15, 0.2) is 79.1 Å². The van der Waals surface area contributed by atoms with Crippen molar-refractivity contribution < 1.29 is 19.4 Å². The number of rotatable bonds is 7. The van der Waals surface area contributed by atoms with Gasteiger partial charge in [-0.25, -0.2) is 4.39 Å². The van der Waals surface area contributed by atoms with E-state index >= 15 is 0 Å². The first-order valence-corrected chi connectivity index (χ1v) is 12.0. The third kappa shape index (κ3) is 5.61. The van der Waals surface area contributed by atoms with E-state index in [1.807, 2.05) is 50.5 Å². The van der Waals surface area contributed by atoms with Crippen molar-refractivity contribution in [2.24, 2.45) is 0 Å². The van der Waals surface area contributed by atoms with E-state index in [0.29, 0.717) is 28.8 Å². The smallest absolute Gasteiger partial charge is 0.218 e. The first kappa shape index (κ1) is 26.2. The Hall–Kier alpha value is -3.87. The van der Waals surface area contributed by atoms with Gasteiger partial charge in [-0.1, -0.05) is 41.9 Å². The molecule has 0 fully saturated rings. The Morgan fingerprint density at radius 2 is 1.49 bits per heavy atom. The predicted octanol–water partition coefficient (Wildman–Crippen LogP) is 6.89. The molecule has 190 valence electrons. The Labute approximate surface area is 220 Å². The van der Waals surface area contributed by atoms with Crippen molar-refractivity contribution in [1.82, 2.24) is 4.90 Å². The number of anilines is 1. The number of hydrogen-bond acceptors (Lipinski definition) is 4. The Morgan fingerprint density at radius 1 is 0.865 bits per heavy atom. The number of aliphatic hydroxyl groups is 1. The zero-order valence-electron chi connectivity index (χ0n) is 21.0. The molecule has 0 heterocycles. The maximum atomic E-state index is 14.8. The average Bonchev–Trinajstić information content (AvgIpc) is 2.85. The van der Waals surface area contributed by atoms with Gasteiger partial charge in [0.1, 0.15) is 11.6 Å². The summed E-state index contributed by atoms with van der Waals surface area (Å²) in [6.07, 6.45) is 3.92. The number of benzene rings is 4. The maximum Gasteiger partial charge on any atom is 0.218 e. The minimum absolute atomic E-state index is 0.0945. The van der Waals surface area contributed by atoms with Crippen molar-refractivity contribution in [3.63, 3.8) is 0 Å². The normalized spacial score (nSPS) is 11.8. The van der Waals surface area contributed by atoms with Gasteiger partial charge in [-0.15, -0.1) is 0 Å². The van der Waals surface area contributed by atoms with Crippen molar-refractivity contribution in [2.45, 2.75) is 19.4 Å². The molecule has 0 aliphatic heterocycles. The molecule has 0 atom stereocenters. The van der Waals surface area contributed by atoms with Crippen LogP contribution in [0.3, 0.4) is 0 Å². The highest BCUT2D eigenvalue weighted by molar-refractivity contribution is 6.34. The minimum atomic E-state index is -1.01. The number of carbonyl (C=O) groups is 1. The number of amides is 1. The number of fused-ring (bicyclic) bond motifs is 1. The number of phenolic OH excluding ortho intramolecular Hbond substituents is 1. The molecule has 0 spiro atoms. The van der Waals surface area contributed by atoms with Crippen LogP contribution in [-0.2, 0) is 10.4 Å². The fourth-order valence-electron chi connectivity index (χ4n) is 4.10. The summed E-state index contributed by atoms with van der Waals surface area (Å²) in [6.45, 7) is 3.43. The molecule has 4 aromatic rings. The van der Waals surface area contributed by atoms with E-state index in [2.05, 4.69) is 0 Å². The van der Waals surface area contributed by atoms with Crippen LogP contribution in [0, 0.1) is 5.82 Å². The van der Waals surface area contributed by atoms with Gasteiger partial charge in [0.25, 0.3) is 0 Å². The second-order valence-electron chi connectivity index (χ2n) is 9.63. The Kier molecular flexibility index (Phi) is 7.25. The van der Waals surface area contributed by atoms with Gasteiger partial charge in [0.05, 0.1) is 16.3 Å². The monoisotopic (exact) mass is 518 g/mol. The summed E-state index contributed by atoms with van der Waals surface area (Å²) in [5.74, 6) is -0.611. The van der Waals surface area contributed by atoms with E-state index in [1.54, 1.807) is 49.3 Å². The minimum Gasteiger partial charge on any atom is -0.507 e. The predicted molar refractivity (Wildman–Crippen MR) is 148 cm³/mol. The maximum absolute atomic E-state index is 14.8. The van der Waals surface area contributed by atoms with Crippen LogP contribution in [0.1, 0.15) is 19.4 Å². The lowest BCUT2D eigenvalue weighted by Crippen LogP contribution is -2.15. The highest BCUT2D eigenvalue weighted by Gasteiger charge is 2.18. The van der Waals surface area contributed by atoms with Gasteiger partial charge >= 0.3 is 0 Å². The van der Waals surface area contributed by atoms with E-state index in [4.69, 9.17) is 11.6 Å². The molecular formula is C30H28ClFN2O3. The first-order valence-electron chi connectivity index (χ1n) is 11.7. The average molecular weight is 519 g/mol. The molecule has 0 saturated carbocycles. The van der Waals surface area contributed by atoms with Gasteiger partial charge in [-0.2, -0.15) is 0 Å². The van der Waals surface area contributed by atoms with Gasteiger partial charge in [0.2, 0.25) is 6.41 Å². The summed E-state index contributed by atoms with van der Waals surface area (Å²) < 4.78 is 14.8. The van der Waals surface area contributed by atoms with Crippen LogP contribution in [-0.4, -0.2) is 35.6 Å². The molecule has 5 nitrogen and oxygen atoms in total. The number of carbonyl (C=O) groups excluding carboxylic acids is 1. The Bertz CT molecular complexity index is 1510. The van der Waals surface area contributed by atoms with Crippen LogP contribution in [0.25, 0.3) is 33.0 Å². The van der Waals surface area contributed by atoms with Crippen LogP contribution in [0.4, 0.5) is 10.1 Å². The summed E-state index contributed by atoms with van der Waals surface area (Å²) >= 11 is 6.49. The van der Waals surface area contributed by atoms with Crippen molar-refractivity contribution in [3.05, 3.63) is 95.5 Å². The van der Waals surface area contributed by atoms with Crippen molar-refractivity contribution in [1.29, 1.82) is 0 Å². The highest BCUT2D eigenvalue weighted by Crippen LogP contribution is 2.42. The molecule has 0 saturated heterocycles. The number of hydrogen-bond donors (Lipinski definition) is 2. The molecule has 4 aromatic carbocycles. The lowest BCUT2D eigenvalue weighted by Gasteiger charge is -2.19. The van der Waals surface area contributed by atoms with Crippen molar-refractivity contribution >= 4 is 34.5 Å². The molecule has 37 heavy (non-hydrogen) atoms. The van der Waals surface area contributed by atoms with Gasteiger partial charge in [0, 0.05) is 37.6 Å². The lowest BCUT2D eigenvalue weighted by atomic mass is 9.92. The molecule has 1 amide bonds. The SMILES string of the molecule is CN(C)/C=C\N(C=O)c1ccc(-c2cc(F)cc(-c3ccc4ccc(C(C)(C)O)cc4c3)c2O)cc1Cl. The zero-order chi connectivity index (χ0) is 26.9. The largest absolute Gasteiger partial charge is 0.507 e. The fraction of sp³-hybridized carbons (Fsp3) is 0.167. The summed E-state index contributed by atoms with van der Waals surface area (Å²) in [6, 6.07) is 18.7. The number of aromatic hydroxyl groups is 1.